The first kappa shape index (κ1) is 9.35. The largest absolute Gasteiger partial charge is 0.480 e. The molecule has 0 unspecified atom stereocenters. The molecule has 0 saturated heterocycles. The van der Waals surface area contributed by atoms with Gasteiger partial charge in [0.05, 0.1) is 0 Å². The number of hydrogen-bond donors (Lipinski definition) is 4. The molecule has 5 nitrogen and oxygen atoms in total. The fourth-order valence-electron chi connectivity index (χ4n) is 0.385. The van der Waals surface area contributed by atoms with Crippen LogP contribution in [-0.2, 0) is 4.79 Å². The molecule has 0 bridgehead atoms. The highest BCUT2D eigenvalue weighted by molar-refractivity contribution is 5.73. The van der Waals surface area contributed by atoms with Gasteiger partial charge < -0.3 is 15.9 Å². The van der Waals surface area contributed by atoms with Crippen molar-refractivity contribution in [3.05, 3.63) is 0 Å². The molecule has 0 fully saturated rings. The molecule has 0 aromatic heterocycles. The summed E-state index contributed by atoms with van der Waals surface area (Å²) in [6.45, 7) is 1.57. The van der Waals surface area contributed by atoms with E-state index in [2.05, 4.69) is 5.32 Å². The van der Waals surface area contributed by atoms with Crippen LogP contribution in [0.15, 0.2) is 0 Å². The molecule has 0 aliphatic heterocycles. The number of nitrogens with one attached hydrogen (secondary N) is 1. The number of carboxylic acids is 1. The summed E-state index contributed by atoms with van der Waals surface area (Å²) < 4.78 is 0. The van der Waals surface area contributed by atoms with Crippen LogP contribution in [-0.4, -0.2) is 35.0 Å². The van der Waals surface area contributed by atoms with Gasteiger partial charge in [0.25, 0.3) is 0 Å². The summed E-state index contributed by atoms with van der Waals surface area (Å²) >= 11 is 0. The fourth-order valence-corrected chi connectivity index (χ4v) is 0.385. The molecule has 0 aliphatic rings. The molecule has 2 atom stereocenters. The molecule has 0 aromatic carbocycles. The van der Waals surface area contributed by atoms with E-state index < -0.39 is 18.2 Å². The van der Waals surface area contributed by atoms with Crippen molar-refractivity contribution in [2.45, 2.75) is 19.2 Å². The summed E-state index contributed by atoms with van der Waals surface area (Å²) in [5, 5.41) is 19.3. The quantitative estimate of drug-likeness (QED) is 0.357. The third-order valence-corrected chi connectivity index (χ3v) is 0.950. The third kappa shape index (κ3) is 4.25. The summed E-state index contributed by atoms with van der Waals surface area (Å²) in [4.78, 5) is 10.1. The summed E-state index contributed by atoms with van der Waals surface area (Å²) in [7, 11) is 0. The number of carbonyl (C=O) groups is 1. The molecule has 5 N–H and O–H groups in total. The highest BCUT2D eigenvalue weighted by Gasteiger charge is 2.10. The zero-order valence-corrected chi connectivity index (χ0v) is 5.74. The number of rotatable bonds is 4. The maximum atomic E-state index is 10.1. The molecule has 0 rings (SSSR count). The molecule has 0 radical (unpaired) electrons. The van der Waals surface area contributed by atoms with Crippen molar-refractivity contribution < 1.29 is 15.0 Å². The van der Waals surface area contributed by atoms with Crippen LogP contribution in [0.25, 0.3) is 0 Å². The Kier molecular flexibility index (Phi) is 3.94. The predicted octanol–water partition coefficient (Wildman–Crippen LogP) is -1.67. The van der Waals surface area contributed by atoms with Crippen molar-refractivity contribution >= 4 is 5.97 Å². The average molecular weight is 148 g/mol. The van der Waals surface area contributed by atoms with Crippen LogP contribution < -0.4 is 11.1 Å². The molecule has 0 aromatic rings. The Balaban J connectivity index is 3.40. The monoisotopic (exact) mass is 148 g/mol. The van der Waals surface area contributed by atoms with Crippen molar-refractivity contribution in [3.8, 4) is 0 Å². The first-order chi connectivity index (χ1) is 4.54. The van der Waals surface area contributed by atoms with Crippen LogP contribution in [0.2, 0.25) is 0 Å². The van der Waals surface area contributed by atoms with Crippen LogP contribution in [0.5, 0.6) is 0 Å². The van der Waals surface area contributed by atoms with Crippen LogP contribution in [0, 0.1) is 0 Å². The number of hydrogen-bond acceptors (Lipinski definition) is 4. The highest BCUT2D eigenvalue weighted by Crippen LogP contribution is 1.77. The Hall–Kier alpha value is -0.650. The summed E-state index contributed by atoms with van der Waals surface area (Å²) in [6, 6.07) is -0.949. The van der Waals surface area contributed by atoms with Gasteiger partial charge in [0, 0.05) is 6.54 Å². The Labute approximate surface area is 58.8 Å². The van der Waals surface area contributed by atoms with Crippen LogP contribution in [0.3, 0.4) is 0 Å². The van der Waals surface area contributed by atoms with Gasteiger partial charge >= 0.3 is 5.97 Å². The van der Waals surface area contributed by atoms with Gasteiger partial charge in [-0.1, -0.05) is 0 Å². The van der Waals surface area contributed by atoms with Crippen molar-refractivity contribution in [3.63, 3.8) is 0 Å². The highest BCUT2D eigenvalue weighted by atomic mass is 16.4. The molecule has 0 aliphatic carbocycles. The zero-order chi connectivity index (χ0) is 8.15. The standard InChI is InChI=1S/C5H12N2O3/c1-3(8)7-2-4(6)5(9)10/h3-4,7-8H,2,6H2,1H3,(H,9,10)/t3-,4+/m0/s1. The second-order valence-electron chi connectivity index (χ2n) is 2.03. The lowest BCUT2D eigenvalue weighted by molar-refractivity contribution is -0.138. The lowest BCUT2D eigenvalue weighted by atomic mass is 10.3. The minimum absolute atomic E-state index is 0.0764. The van der Waals surface area contributed by atoms with Crippen molar-refractivity contribution in [2.75, 3.05) is 6.54 Å². The van der Waals surface area contributed by atoms with Crippen molar-refractivity contribution in [1.82, 2.24) is 5.32 Å². The van der Waals surface area contributed by atoms with Gasteiger partial charge in [-0.15, -0.1) is 0 Å². The van der Waals surface area contributed by atoms with Crippen LogP contribution in [0.4, 0.5) is 0 Å². The van der Waals surface area contributed by atoms with E-state index in [9.17, 15) is 4.79 Å². The van der Waals surface area contributed by atoms with Gasteiger partial charge in [0.2, 0.25) is 0 Å². The van der Waals surface area contributed by atoms with Gasteiger partial charge in [-0.25, -0.2) is 0 Å². The molecular formula is C5H12N2O3. The lowest BCUT2D eigenvalue weighted by Crippen LogP contribution is -2.43. The van der Waals surface area contributed by atoms with Gasteiger partial charge in [-0.2, -0.15) is 0 Å². The Morgan fingerprint density at radius 3 is 2.60 bits per heavy atom. The maximum absolute atomic E-state index is 10.1. The first-order valence-corrected chi connectivity index (χ1v) is 2.94. The van der Waals surface area contributed by atoms with Crippen LogP contribution >= 0.6 is 0 Å². The molecule has 0 saturated carbocycles. The summed E-state index contributed by atoms with van der Waals surface area (Å²) in [6.07, 6.45) is -0.717. The second-order valence-corrected chi connectivity index (χ2v) is 2.03. The first-order valence-electron chi connectivity index (χ1n) is 2.94. The molecule has 60 valence electrons. The van der Waals surface area contributed by atoms with E-state index in [4.69, 9.17) is 15.9 Å². The van der Waals surface area contributed by atoms with E-state index in [0.717, 1.165) is 0 Å². The van der Waals surface area contributed by atoms with Gasteiger partial charge in [0.1, 0.15) is 12.3 Å². The normalized spacial score (nSPS) is 16.3. The van der Waals surface area contributed by atoms with E-state index in [1.807, 2.05) is 0 Å². The summed E-state index contributed by atoms with van der Waals surface area (Å²) in [5.74, 6) is -1.08. The Bertz CT molecular complexity index is 115. The van der Waals surface area contributed by atoms with E-state index in [1.165, 1.54) is 6.92 Å². The number of carboxylic acid groups (broad SMARTS) is 1. The zero-order valence-electron chi connectivity index (χ0n) is 5.74. The minimum atomic E-state index is -1.08. The third-order valence-electron chi connectivity index (χ3n) is 0.950. The van der Waals surface area contributed by atoms with Gasteiger partial charge in [0.15, 0.2) is 0 Å². The average Bonchev–Trinajstić information content (AvgIpc) is 1.82. The lowest BCUT2D eigenvalue weighted by Gasteiger charge is -2.09. The fraction of sp³-hybridized carbons (Fsp3) is 0.800. The second kappa shape index (κ2) is 4.21. The molecular weight excluding hydrogens is 136 g/mol. The molecule has 5 heteroatoms. The maximum Gasteiger partial charge on any atom is 0.321 e. The van der Waals surface area contributed by atoms with Crippen molar-refractivity contribution in [1.29, 1.82) is 0 Å². The summed E-state index contributed by atoms with van der Waals surface area (Å²) in [5.41, 5.74) is 5.09. The topological polar surface area (TPSA) is 95.6 Å². The Morgan fingerprint density at radius 2 is 2.30 bits per heavy atom. The number of nitrogens with two attached hydrogens (primary N) is 1. The van der Waals surface area contributed by atoms with Gasteiger partial charge in [-0.05, 0) is 6.92 Å². The number of aliphatic carboxylic acids is 1. The van der Waals surface area contributed by atoms with E-state index in [0.29, 0.717) is 0 Å². The SMILES string of the molecule is C[C@H](O)NC[C@@H](N)C(=O)O. The Morgan fingerprint density at radius 1 is 1.80 bits per heavy atom. The van der Waals surface area contributed by atoms with Crippen molar-refractivity contribution in [2.24, 2.45) is 5.73 Å². The molecule has 0 spiro atoms. The smallest absolute Gasteiger partial charge is 0.321 e. The number of aliphatic hydroxyl groups excluding tert-OH is 1. The molecule has 0 amide bonds. The van der Waals surface area contributed by atoms with E-state index >= 15 is 0 Å². The van der Waals surface area contributed by atoms with E-state index in [-0.39, 0.29) is 6.54 Å². The molecule has 10 heavy (non-hydrogen) atoms. The molecule has 0 heterocycles. The minimum Gasteiger partial charge on any atom is -0.480 e. The number of aliphatic hydroxyl groups is 1. The predicted molar refractivity (Wildman–Crippen MR) is 35.3 cm³/mol. The van der Waals surface area contributed by atoms with Gasteiger partial charge in [-0.3, -0.25) is 10.1 Å². The van der Waals surface area contributed by atoms with Crippen LogP contribution in [0.1, 0.15) is 6.92 Å². The van der Waals surface area contributed by atoms with E-state index in [1.54, 1.807) is 0 Å².